The van der Waals surface area contributed by atoms with Crippen LogP contribution in [0, 0.1) is 5.41 Å². The summed E-state index contributed by atoms with van der Waals surface area (Å²) in [5, 5.41) is 33.3. The van der Waals surface area contributed by atoms with Crippen LogP contribution in [0.15, 0.2) is 0 Å². The molecule has 4 N–H and O–H groups in total. The number of carbonyl (C=O) groups excluding carboxylic acids is 2. The van der Waals surface area contributed by atoms with Crippen LogP contribution in [0.5, 0.6) is 0 Å². The van der Waals surface area contributed by atoms with Crippen molar-refractivity contribution in [2.75, 3.05) is 39.6 Å². The average Bonchev–Trinajstić information content (AvgIpc) is 3.13. The van der Waals surface area contributed by atoms with Crippen LogP contribution in [0.2, 0.25) is 0 Å². The lowest BCUT2D eigenvalue weighted by molar-refractivity contribution is -0.142. The van der Waals surface area contributed by atoms with Gasteiger partial charge >= 0.3 is 11.9 Å². The number of hydrogen-bond acceptors (Lipinski definition) is 9. The lowest BCUT2D eigenvalue weighted by atomic mass is 9.93. The van der Waals surface area contributed by atoms with E-state index in [-0.39, 0.29) is 22.4 Å². The summed E-state index contributed by atoms with van der Waals surface area (Å²) in [6.07, 6.45) is 34.0. The van der Waals surface area contributed by atoms with Crippen LogP contribution in [-0.2, 0) is 19.1 Å². The number of aliphatic hydroxyl groups excluding tert-OH is 4. The Labute approximate surface area is 312 Å². The maximum absolute atomic E-state index is 12.3. The van der Waals surface area contributed by atoms with Crippen molar-refractivity contribution in [3.8, 4) is 0 Å². The van der Waals surface area contributed by atoms with E-state index in [1.165, 1.54) is 153 Å². The van der Waals surface area contributed by atoms with Crippen molar-refractivity contribution in [1.29, 1.82) is 0 Å². The Bertz CT molecular complexity index is 701. The maximum Gasteiger partial charge on any atom is 0.318 e. The second-order valence-electron chi connectivity index (χ2n) is 14.4. The number of ether oxygens (including phenoxy) is 2. The molecule has 0 aromatic carbocycles. The molecule has 0 radical (unpaired) electrons. The average molecular weight is 735 g/mol. The molecule has 0 saturated carbocycles. The van der Waals surface area contributed by atoms with Crippen molar-refractivity contribution >= 4 is 23.7 Å². The van der Waals surface area contributed by atoms with Gasteiger partial charge in [0, 0.05) is 0 Å². The predicted molar refractivity (Wildman–Crippen MR) is 211 cm³/mol. The third-order valence-corrected chi connectivity index (χ3v) is 10.6. The van der Waals surface area contributed by atoms with Gasteiger partial charge < -0.3 is 29.9 Å². The van der Waals surface area contributed by atoms with Crippen molar-refractivity contribution in [3.63, 3.8) is 0 Å². The molecular formula is C41H82O8S. The van der Waals surface area contributed by atoms with E-state index >= 15 is 0 Å². The summed E-state index contributed by atoms with van der Waals surface area (Å²) in [6.45, 7) is 7.53. The first kappa shape index (κ1) is 51.2. The highest BCUT2D eigenvalue weighted by Gasteiger charge is 2.26. The van der Waals surface area contributed by atoms with Crippen LogP contribution in [0.3, 0.4) is 0 Å². The van der Waals surface area contributed by atoms with Crippen LogP contribution in [0.4, 0.5) is 0 Å². The Kier molecular flexibility index (Phi) is 40.3. The second kappa shape index (κ2) is 39.3. The summed E-state index contributed by atoms with van der Waals surface area (Å²) in [6, 6.07) is 0. The van der Waals surface area contributed by atoms with Crippen LogP contribution in [-0.4, -0.2) is 82.5 Å². The fourth-order valence-electron chi connectivity index (χ4n) is 5.54. The lowest BCUT2D eigenvalue weighted by Gasteiger charge is -2.23. The minimum Gasteiger partial charge on any atom is -0.465 e. The minimum atomic E-state index is -1.11. The zero-order chi connectivity index (χ0) is 37.6. The van der Waals surface area contributed by atoms with Crippen molar-refractivity contribution in [3.05, 3.63) is 0 Å². The van der Waals surface area contributed by atoms with Gasteiger partial charge in [-0.1, -0.05) is 168 Å². The molecule has 0 saturated heterocycles. The molecular weight excluding hydrogens is 653 g/mol. The van der Waals surface area contributed by atoms with E-state index in [1.807, 2.05) is 13.8 Å². The number of rotatable bonds is 36. The first-order valence-electron chi connectivity index (χ1n) is 20.7. The summed E-state index contributed by atoms with van der Waals surface area (Å²) in [4.78, 5) is 24.6. The van der Waals surface area contributed by atoms with E-state index in [0.717, 1.165) is 25.7 Å². The fraction of sp³-hybridized carbons (Fsp3) is 0.951. The molecule has 9 heteroatoms. The lowest BCUT2D eigenvalue weighted by Crippen LogP contribution is -2.37. The number of aliphatic hydroxyl groups is 4. The van der Waals surface area contributed by atoms with Gasteiger partial charge in [-0.25, -0.2) is 0 Å². The number of thioether (sulfide) groups is 1. The van der Waals surface area contributed by atoms with Gasteiger partial charge in [-0.3, -0.25) is 9.59 Å². The van der Waals surface area contributed by atoms with Gasteiger partial charge in [0.25, 0.3) is 0 Å². The van der Waals surface area contributed by atoms with Crippen LogP contribution < -0.4 is 0 Å². The van der Waals surface area contributed by atoms with Gasteiger partial charge in [-0.05, 0) is 26.7 Å². The van der Waals surface area contributed by atoms with Gasteiger partial charge in [0.2, 0.25) is 0 Å². The summed E-state index contributed by atoms with van der Waals surface area (Å²) >= 11 is 1.34. The molecule has 50 heavy (non-hydrogen) atoms. The molecule has 2 atom stereocenters. The monoisotopic (exact) mass is 735 g/mol. The molecule has 0 aliphatic heterocycles. The van der Waals surface area contributed by atoms with E-state index in [4.69, 9.17) is 29.9 Å². The van der Waals surface area contributed by atoms with Gasteiger partial charge in [-0.15, -0.1) is 11.8 Å². The summed E-state index contributed by atoms with van der Waals surface area (Å²) in [5.41, 5.74) is -1.11. The number of unbranched alkanes of at least 4 members (excludes halogenated alkanes) is 24. The molecule has 0 aliphatic carbocycles. The standard InChI is InChI=1S/C36H70O4S.C5H12O4/c1-5-7-9-11-13-15-17-18-19-20-21-22-24-26-28-30-32-40-36(38)34(4)41-33(3)35(37)39-31-29-27-25-23-16-14-12-10-8-6-2;6-1-5(2-7,3-8)4-9/h33-34H,5-32H2,1-4H3;6-9H,1-4H2. The van der Waals surface area contributed by atoms with E-state index in [0.29, 0.717) is 13.2 Å². The molecule has 0 heterocycles. The van der Waals surface area contributed by atoms with Crippen molar-refractivity contribution in [1.82, 2.24) is 0 Å². The Balaban J connectivity index is 0. The van der Waals surface area contributed by atoms with Gasteiger partial charge in [0.15, 0.2) is 0 Å². The SMILES string of the molecule is CCCCCCCCCCCCCCCCCCOC(=O)C(C)SC(C)C(=O)OCCCCCCCCCCCC.OCC(CO)(CO)CO. The molecule has 300 valence electrons. The van der Waals surface area contributed by atoms with Crippen LogP contribution >= 0.6 is 11.8 Å². The Morgan fingerprint density at radius 2 is 0.660 bits per heavy atom. The minimum absolute atomic E-state index is 0.217. The molecule has 0 aromatic rings. The van der Waals surface area contributed by atoms with Crippen LogP contribution in [0.1, 0.15) is 195 Å². The third-order valence-electron chi connectivity index (χ3n) is 9.40. The predicted octanol–water partition coefficient (Wildman–Crippen LogP) is 9.71. The number of carbonyl (C=O) groups is 2. The molecule has 0 spiro atoms. The molecule has 2 unspecified atom stereocenters. The summed E-state index contributed by atoms with van der Waals surface area (Å²) < 4.78 is 10.9. The Morgan fingerprint density at radius 3 is 0.860 bits per heavy atom. The zero-order valence-corrected chi connectivity index (χ0v) is 33.9. The van der Waals surface area contributed by atoms with Crippen molar-refractivity contribution in [2.45, 2.75) is 205 Å². The molecule has 0 rings (SSSR count). The largest absolute Gasteiger partial charge is 0.465 e. The van der Waals surface area contributed by atoms with Crippen LogP contribution in [0.25, 0.3) is 0 Å². The molecule has 0 fully saturated rings. The quantitative estimate of drug-likeness (QED) is 0.0367. The van der Waals surface area contributed by atoms with E-state index in [1.54, 1.807) is 0 Å². The number of hydrogen-bond donors (Lipinski definition) is 4. The van der Waals surface area contributed by atoms with Crippen molar-refractivity contribution in [2.24, 2.45) is 5.41 Å². The Morgan fingerprint density at radius 1 is 0.440 bits per heavy atom. The van der Waals surface area contributed by atoms with E-state index in [9.17, 15) is 9.59 Å². The summed E-state index contributed by atoms with van der Waals surface area (Å²) in [7, 11) is 0. The highest BCUT2D eigenvalue weighted by molar-refractivity contribution is 8.01. The second-order valence-corrected chi connectivity index (χ2v) is 16.1. The first-order valence-corrected chi connectivity index (χ1v) is 21.6. The van der Waals surface area contributed by atoms with E-state index in [2.05, 4.69) is 13.8 Å². The van der Waals surface area contributed by atoms with Gasteiger partial charge in [-0.2, -0.15) is 0 Å². The third kappa shape index (κ3) is 33.0. The molecule has 0 aliphatic rings. The molecule has 0 aromatic heterocycles. The fourth-order valence-corrected chi connectivity index (χ4v) is 6.51. The highest BCUT2D eigenvalue weighted by Crippen LogP contribution is 2.21. The smallest absolute Gasteiger partial charge is 0.318 e. The Hall–Kier alpha value is -0.870. The summed E-state index contributed by atoms with van der Waals surface area (Å²) in [5.74, 6) is -0.436. The maximum atomic E-state index is 12.3. The van der Waals surface area contributed by atoms with Gasteiger partial charge in [0.1, 0.15) is 10.5 Å². The molecule has 0 amide bonds. The zero-order valence-electron chi connectivity index (χ0n) is 33.1. The normalized spacial score (nSPS) is 12.6. The number of esters is 2. The molecule has 8 nitrogen and oxygen atoms in total. The topological polar surface area (TPSA) is 134 Å². The first-order chi connectivity index (χ1) is 24.3. The van der Waals surface area contributed by atoms with Crippen molar-refractivity contribution < 1.29 is 39.5 Å². The van der Waals surface area contributed by atoms with E-state index < -0.39 is 31.8 Å². The molecule has 0 bridgehead atoms. The van der Waals surface area contributed by atoms with Gasteiger partial charge in [0.05, 0.1) is 45.1 Å². The highest BCUT2D eigenvalue weighted by atomic mass is 32.2.